The van der Waals surface area contributed by atoms with Crippen LogP contribution in [0, 0.1) is 10.5 Å². The van der Waals surface area contributed by atoms with Gasteiger partial charge in [-0.25, -0.2) is 0 Å². The molecule has 0 amide bonds. The van der Waals surface area contributed by atoms with Gasteiger partial charge in [-0.3, -0.25) is 0 Å². The van der Waals surface area contributed by atoms with E-state index in [2.05, 4.69) is 38.5 Å². The third-order valence-corrected chi connectivity index (χ3v) is 4.30. The molecule has 0 aliphatic rings. The summed E-state index contributed by atoms with van der Waals surface area (Å²) in [7, 11) is 1.69. The molecule has 3 heteroatoms. The van der Waals surface area contributed by atoms with Gasteiger partial charge >= 0.3 is 0 Å². The lowest BCUT2D eigenvalue weighted by Crippen LogP contribution is -1.89. The van der Waals surface area contributed by atoms with Crippen LogP contribution in [0.4, 0.5) is 0 Å². The molecule has 0 aliphatic carbocycles. The van der Waals surface area contributed by atoms with Crippen molar-refractivity contribution in [3.05, 3.63) is 25.7 Å². The van der Waals surface area contributed by atoms with Crippen LogP contribution in [-0.4, -0.2) is 7.11 Å². The topological polar surface area (TPSA) is 9.23 Å². The van der Waals surface area contributed by atoms with E-state index in [4.69, 9.17) is 4.74 Å². The highest BCUT2D eigenvalue weighted by Crippen LogP contribution is 2.28. The van der Waals surface area contributed by atoms with Gasteiger partial charge in [-0.15, -0.1) is 0 Å². The largest absolute Gasteiger partial charge is 0.496 e. The van der Waals surface area contributed by atoms with Crippen LogP contribution in [0.2, 0.25) is 0 Å². The molecular formula is C8H8BrIO. The summed E-state index contributed by atoms with van der Waals surface area (Å²) < 4.78 is 7.49. The Labute approximate surface area is 88.4 Å². The van der Waals surface area contributed by atoms with Crippen molar-refractivity contribution in [2.24, 2.45) is 0 Å². The van der Waals surface area contributed by atoms with E-state index >= 15 is 0 Å². The Morgan fingerprint density at radius 3 is 2.64 bits per heavy atom. The number of hydrogen-bond donors (Lipinski definition) is 0. The molecule has 0 spiro atoms. The van der Waals surface area contributed by atoms with Crippen LogP contribution in [0.5, 0.6) is 5.75 Å². The molecule has 0 aliphatic heterocycles. The highest BCUT2D eigenvalue weighted by atomic mass is 127. The van der Waals surface area contributed by atoms with Crippen LogP contribution in [0.3, 0.4) is 0 Å². The van der Waals surface area contributed by atoms with Crippen LogP contribution in [0.1, 0.15) is 5.56 Å². The zero-order valence-corrected chi connectivity index (χ0v) is 10.1. The fourth-order valence-corrected chi connectivity index (χ4v) is 1.73. The number of methoxy groups -OCH3 is 1. The van der Waals surface area contributed by atoms with Crippen LogP contribution >= 0.6 is 38.5 Å². The number of rotatable bonds is 1. The molecule has 60 valence electrons. The third kappa shape index (κ3) is 1.87. The van der Waals surface area contributed by atoms with Crippen molar-refractivity contribution in [1.82, 2.24) is 0 Å². The molecular weight excluding hydrogens is 319 g/mol. The van der Waals surface area contributed by atoms with E-state index in [0.29, 0.717) is 0 Å². The first-order valence-electron chi connectivity index (χ1n) is 3.15. The van der Waals surface area contributed by atoms with Crippen molar-refractivity contribution in [3.63, 3.8) is 0 Å². The number of ether oxygens (including phenoxy) is 1. The van der Waals surface area contributed by atoms with E-state index in [9.17, 15) is 0 Å². The second-order valence-corrected chi connectivity index (χ2v) is 4.12. The van der Waals surface area contributed by atoms with Crippen molar-refractivity contribution in [3.8, 4) is 5.75 Å². The number of hydrogen-bond acceptors (Lipinski definition) is 1. The SMILES string of the molecule is COc1ccc(Br)c(I)c1C. The first-order valence-corrected chi connectivity index (χ1v) is 5.02. The van der Waals surface area contributed by atoms with Crippen LogP contribution in [-0.2, 0) is 0 Å². The van der Waals surface area contributed by atoms with Crippen molar-refractivity contribution in [1.29, 1.82) is 0 Å². The molecule has 0 radical (unpaired) electrons. The minimum Gasteiger partial charge on any atom is -0.496 e. The fourth-order valence-electron chi connectivity index (χ4n) is 0.855. The second kappa shape index (κ2) is 3.76. The van der Waals surface area contributed by atoms with Gasteiger partial charge in [0.1, 0.15) is 5.75 Å². The van der Waals surface area contributed by atoms with E-state index < -0.39 is 0 Å². The summed E-state index contributed by atoms with van der Waals surface area (Å²) in [6.07, 6.45) is 0. The van der Waals surface area contributed by atoms with Gasteiger partial charge in [0.05, 0.1) is 7.11 Å². The maximum atomic E-state index is 5.16. The normalized spacial score (nSPS) is 9.82. The van der Waals surface area contributed by atoms with Gasteiger partial charge in [0, 0.05) is 13.6 Å². The lowest BCUT2D eigenvalue weighted by molar-refractivity contribution is 0.411. The summed E-state index contributed by atoms with van der Waals surface area (Å²) in [5, 5.41) is 0. The van der Waals surface area contributed by atoms with Crippen molar-refractivity contribution in [2.75, 3.05) is 7.11 Å². The molecule has 0 aromatic heterocycles. The van der Waals surface area contributed by atoms with E-state index in [1.807, 2.05) is 19.1 Å². The quantitative estimate of drug-likeness (QED) is 0.719. The lowest BCUT2D eigenvalue weighted by atomic mass is 10.2. The van der Waals surface area contributed by atoms with Gasteiger partial charge in [-0.2, -0.15) is 0 Å². The molecule has 0 unspecified atom stereocenters. The molecule has 0 heterocycles. The molecule has 11 heavy (non-hydrogen) atoms. The first-order chi connectivity index (χ1) is 5.16. The standard InChI is InChI=1S/C8H8BrIO/c1-5-7(11-2)4-3-6(9)8(5)10/h3-4H,1-2H3. The minimum absolute atomic E-state index is 0.942. The average Bonchev–Trinajstić information content (AvgIpc) is 2.01. The fraction of sp³-hybridized carbons (Fsp3) is 0.250. The smallest absolute Gasteiger partial charge is 0.122 e. The van der Waals surface area contributed by atoms with Gasteiger partial charge in [0.25, 0.3) is 0 Å². The maximum absolute atomic E-state index is 5.16. The Kier molecular flexibility index (Phi) is 3.18. The zero-order valence-electron chi connectivity index (χ0n) is 6.32. The van der Waals surface area contributed by atoms with Crippen molar-refractivity contribution < 1.29 is 4.74 Å². The lowest BCUT2D eigenvalue weighted by Gasteiger charge is -2.06. The summed E-state index contributed by atoms with van der Waals surface area (Å²) in [6, 6.07) is 3.95. The molecule has 0 N–H and O–H groups in total. The number of benzene rings is 1. The van der Waals surface area contributed by atoms with E-state index in [-0.39, 0.29) is 0 Å². The number of halogens is 2. The van der Waals surface area contributed by atoms with Crippen LogP contribution in [0.15, 0.2) is 16.6 Å². The molecule has 0 atom stereocenters. The summed E-state index contributed by atoms with van der Waals surface area (Å²) in [4.78, 5) is 0. The first kappa shape index (κ1) is 9.32. The molecule has 0 fully saturated rings. The second-order valence-electron chi connectivity index (χ2n) is 2.19. The Hall–Kier alpha value is 0.230. The third-order valence-electron chi connectivity index (χ3n) is 1.51. The molecule has 0 saturated heterocycles. The highest BCUT2D eigenvalue weighted by molar-refractivity contribution is 14.1. The highest BCUT2D eigenvalue weighted by Gasteiger charge is 2.04. The average molecular weight is 327 g/mol. The Balaban J connectivity index is 3.25. The predicted octanol–water partition coefficient (Wildman–Crippen LogP) is 3.37. The van der Waals surface area contributed by atoms with Crippen LogP contribution < -0.4 is 4.74 Å². The molecule has 1 rings (SSSR count). The Morgan fingerprint density at radius 1 is 1.45 bits per heavy atom. The summed E-state index contributed by atoms with van der Waals surface area (Å²) in [6.45, 7) is 2.05. The maximum Gasteiger partial charge on any atom is 0.122 e. The molecule has 0 saturated carbocycles. The van der Waals surface area contributed by atoms with Gasteiger partial charge in [-0.05, 0) is 57.6 Å². The molecule has 1 aromatic rings. The Bertz CT molecular complexity index is 273. The van der Waals surface area contributed by atoms with Gasteiger partial charge in [0.15, 0.2) is 0 Å². The Morgan fingerprint density at radius 2 is 2.09 bits per heavy atom. The molecule has 1 aromatic carbocycles. The summed E-state index contributed by atoms with van der Waals surface area (Å²) >= 11 is 5.74. The summed E-state index contributed by atoms with van der Waals surface area (Å²) in [5.74, 6) is 0.942. The molecule has 1 nitrogen and oxygen atoms in total. The minimum atomic E-state index is 0.942. The van der Waals surface area contributed by atoms with Gasteiger partial charge in [0.2, 0.25) is 0 Å². The van der Waals surface area contributed by atoms with E-state index in [1.54, 1.807) is 7.11 Å². The van der Waals surface area contributed by atoms with Gasteiger partial charge in [-0.1, -0.05) is 0 Å². The van der Waals surface area contributed by atoms with E-state index in [1.165, 1.54) is 9.13 Å². The predicted molar refractivity (Wildman–Crippen MR) is 58.1 cm³/mol. The van der Waals surface area contributed by atoms with Crippen molar-refractivity contribution >= 4 is 38.5 Å². The van der Waals surface area contributed by atoms with E-state index in [0.717, 1.165) is 10.2 Å². The summed E-state index contributed by atoms with van der Waals surface area (Å²) in [5.41, 5.74) is 1.18. The van der Waals surface area contributed by atoms with Gasteiger partial charge < -0.3 is 4.74 Å². The molecule has 0 bridgehead atoms. The zero-order chi connectivity index (χ0) is 8.43. The van der Waals surface area contributed by atoms with Crippen LogP contribution in [0.25, 0.3) is 0 Å². The monoisotopic (exact) mass is 326 g/mol. The van der Waals surface area contributed by atoms with Crippen molar-refractivity contribution in [2.45, 2.75) is 6.92 Å².